The fourth-order valence-corrected chi connectivity index (χ4v) is 4.00. The molecule has 0 radical (unpaired) electrons. The summed E-state index contributed by atoms with van der Waals surface area (Å²) < 4.78 is 14.2. The van der Waals surface area contributed by atoms with Gasteiger partial charge in [0.05, 0.1) is 17.3 Å². The molecule has 0 aliphatic rings. The highest BCUT2D eigenvalue weighted by atomic mass is 35.5. The molecule has 3 rings (SSSR count). The van der Waals surface area contributed by atoms with Gasteiger partial charge in [-0.15, -0.1) is 35.1 Å². The molecule has 0 aliphatic carbocycles. The summed E-state index contributed by atoms with van der Waals surface area (Å²) in [5.41, 5.74) is 2.00. The van der Waals surface area contributed by atoms with Crippen molar-refractivity contribution in [3.8, 4) is 0 Å². The minimum absolute atomic E-state index is 0.354. The molecule has 0 fully saturated rings. The van der Waals surface area contributed by atoms with Gasteiger partial charge in [-0.2, -0.15) is 4.98 Å². The van der Waals surface area contributed by atoms with Crippen LogP contribution in [0.2, 0.25) is 0 Å². The van der Waals surface area contributed by atoms with Gasteiger partial charge in [-0.05, 0) is 38.1 Å². The SMILES string of the molecule is Cc1cccc(SCCl)c1.Cc1cccc(SCn2cc(F)cnc2=O)c1. The molecule has 3 nitrogen and oxygen atoms in total. The maximum absolute atomic E-state index is 12.9. The van der Waals surface area contributed by atoms with Crippen molar-refractivity contribution in [2.45, 2.75) is 29.5 Å². The molecule has 0 saturated heterocycles. The Morgan fingerprint density at radius 3 is 2.19 bits per heavy atom. The lowest BCUT2D eigenvalue weighted by Gasteiger charge is -2.05. The van der Waals surface area contributed by atoms with Crippen LogP contribution in [0, 0.1) is 19.7 Å². The quantitative estimate of drug-likeness (QED) is 0.389. The van der Waals surface area contributed by atoms with Gasteiger partial charge in [0, 0.05) is 16.0 Å². The molecule has 0 N–H and O–H groups in total. The minimum Gasteiger partial charge on any atom is -0.286 e. The van der Waals surface area contributed by atoms with E-state index in [1.54, 1.807) is 11.8 Å². The normalized spacial score (nSPS) is 10.2. The zero-order chi connectivity index (χ0) is 19.6. The van der Waals surface area contributed by atoms with Crippen molar-refractivity contribution in [3.05, 3.63) is 88.4 Å². The molecule has 2 aromatic carbocycles. The fraction of sp³-hybridized carbons (Fsp3) is 0.200. The van der Waals surface area contributed by atoms with Crippen LogP contribution < -0.4 is 5.69 Å². The Balaban J connectivity index is 0.000000223. The van der Waals surface area contributed by atoms with Crippen LogP contribution in [-0.2, 0) is 5.88 Å². The lowest BCUT2D eigenvalue weighted by Crippen LogP contribution is -2.21. The number of benzene rings is 2. The van der Waals surface area contributed by atoms with E-state index >= 15 is 0 Å². The van der Waals surface area contributed by atoms with Crippen LogP contribution in [0.25, 0.3) is 0 Å². The van der Waals surface area contributed by atoms with E-state index in [1.165, 1.54) is 26.8 Å². The topological polar surface area (TPSA) is 34.9 Å². The lowest BCUT2D eigenvalue weighted by molar-refractivity contribution is 0.589. The third kappa shape index (κ3) is 7.79. The van der Waals surface area contributed by atoms with Crippen molar-refractivity contribution in [1.29, 1.82) is 0 Å². The summed E-state index contributed by atoms with van der Waals surface area (Å²) in [6.07, 6.45) is 2.09. The summed E-state index contributed by atoms with van der Waals surface area (Å²) in [4.78, 5) is 17.0. The molecule has 0 aliphatic heterocycles. The number of halogens is 2. The maximum Gasteiger partial charge on any atom is 0.348 e. The highest BCUT2D eigenvalue weighted by Crippen LogP contribution is 2.20. The largest absolute Gasteiger partial charge is 0.348 e. The van der Waals surface area contributed by atoms with E-state index in [2.05, 4.69) is 30.1 Å². The molecule has 3 aromatic rings. The Bertz CT molecular complexity index is 934. The highest BCUT2D eigenvalue weighted by Gasteiger charge is 2.00. The number of rotatable bonds is 5. The Morgan fingerprint density at radius 1 is 1.04 bits per heavy atom. The molecule has 1 aromatic heterocycles. The zero-order valence-corrected chi connectivity index (χ0v) is 17.5. The summed E-state index contributed by atoms with van der Waals surface area (Å²) in [7, 11) is 0. The van der Waals surface area contributed by atoms with Gasteiger partial charge in [0.2, 0.25) is 0 Å². The summed E-state index contributed by atoms with van der Waals surface area (Å²) in [6, 6.07) is 16.2. The van der Waals surface area contributed by atoms with Gasteiger partial charge in [-0.1, -0.05) is 35.4 Å². The summed E-state index contributed by atoms with van der Waals surface area (Å²) in [6.45, 7) is 4.08. The van der Waals surface area contributed by atoms with Crippen molar-refractivity contribution in [2.24, 2.45) is 0 Å². The van der Waals surface area contributed by atoms with Crippen LogP contribution in [-0.4, -0.2) is 14.8 Å². The van der Waals surface area contributed by atoms with Gasteiger partial charge in [0.25, 0.3) is 0 Å². The Kier molecular flexibility index (Phi) is 8.91. The van der Waals surface area contributed by atoms with E-state index in [1.807, 2.05) is 37.3 Å². The Morgan fingerprint density at radius 2 is 1.63 bits per heavy atom. The van der Waals surface area contributed by atoms with Crippen molar-refractivity contribution in [3.63, 3.8) is 0 Å². The number of thioether (sulfide) groups is 2. The van der Waals surface area contributed by atoms with E-state index in [-0.39, 0.29) is 0 Å². The standard InChI is InChI=1S/C12H11FN2OS.C8H9ClS/c1-9-3-2-4-11(5-9)17-8-15-7-10(13)6-14-12(15)16;1-7-3-2-4-8(5-7)10-6-9/h2-7H,8H2,1H3;2-5H,6H2,1H3. The van der Waals surface area contributed by atoms with E-state index in [0.717, 1.165) is 22.9 Å². The molecule has 0 bridgehead atoms. The molecular formula is C20H20ClFN2OS2. The molecule has 0 unspecified atom stereocenters. The Labute approximate surface area is 172 Å². The molecule has 7 heteroatoms. The zero-order valence-electron chi connectivity index (χ0n) is 15.1. The van der Waals surface area contributed by atoms with Crippen molar-refractivity contribution < 1.29 is 4.39 Å². The molecular weight excluding hydrogens is 403 g/mol. The van der Waals surface area contributed by atoms with Gasteiger partial charge in [0.1, 0.15) is 0 Å². The second-order valence-electron chi connectivity index (χ2n) is 5.68. The number of aromatic nitrogens is 2. The van der Waals surface area contributed by atoms with E-state index < -0.39 is 11.5 Å². The number of nitrogens with zero attached hydrogens (tertiary/aromatic N) is 2. The monoisotopic (exact) mass is 422 g/mol. The molecule has 0 spiro atoms. The van der Waals surface area contributed by atoms with Gasteiger partial charge in [-0.25, -0.2) is 9.18 Å². The molecule has 0 atom stereocenters. The predicted molar refractivity (Wildman–Crippen MR) is 113 cm³/mol. The molecule has 27 heavy (non-hydrogen) atoms. The summed E-state index contributed by atoms with van der Waals surface area (Å²) in [5.74, 6) is -0.151. The first-order valence-electron chi connectivity index (χ1n) is 8.15. The Hall–Kier alpha value is -1.76. The number of hydrogen-bond acceptors (Lipinski definition) is 4. The van der Waals surface area contributed by atoms with Gasteiger partial charge in [0.15, 0.2) is 5.82 Å². The molecule has 0 amide bonds. The number of alkyl halides is 1. The smallest absolute Gasteiger partial charge is 0.286 e. The molecule has 0 saturated carbocycles. The second-order valence-corrected chi connectivity index (χ2v) is 8.34. The third-order valence-corrected chi connectivity index (χ3v) is 5.41. The van der Waals surface area contributed by atoms with Gasteiger partial charge >= 0.3 is 5.69 Å². The van der Waals surface area contributed by atoms with Crippen LogP contribution in [0.3, 0.4) is 0 Å². The predicted octanol–water partition coefficient (Wildman–Crippen LogP) is 5.72. The van der Waals surface area contributed by atoms with Crippen LogP contribution in [0.5, 0.6) is 0 Å². The van der Waals surface area contributed by atoms with Gasteiger partial charge < -0.3 is 0 Å². The third-order valence-electron chi connectivity index (χ3n) is 3.39. The van der Waals surface area contributed by atoms with Crippen LogP contribution in [0.4, 0.5) is 4.39 Å². The van der Waals surface area contributed by atoms with Crippen LogP contribution in [0.15, 0.2) is 75.5 Å². The average Bonchev–Trinajstić information content (AvgIpc) is 2.63. The summed E-state index contributed by atoms with van der Waals surface area (Å²) >= 11 is 8.67. The maximum atomic E-state index is 12.9. The lowest BCUT2D eigenvalue weighted by atomic mass is 10.2. The highest BCUT2D eigenvalue weighted by molar-refractivity contribution is 8.00. The first kappa shape index (κ1) is 21.5. The van der Waals surface area contributed by atoms with Crippen molar-refractivity contribution in [1.82, 2.24) is 9.55 Å². The summed E-state index contributed by atoms with van der Waals surface area (Å²) in [5, 5.41) is 0.628. The van der Waals surface area contributed by atoms with E-state index in [0.29, 0.717) is 11.1 Å². The van der Waals surface area contributed by atoms with E-state index in [4.69, 9.17) is 11.6 Å². The first-order chi connectivity index (χ1) is 13.0. The second kappa shape index (κ2) is 11.2. The number of hydrogen-bond donors (Lipinski definition) is 0. The number of aryl methyl sites for hydroxylation is 2. The first-order valence-corrected chi connectivity index (χ1v) is 10.7. The fourth-order valence-electron chi connectivity index (χ4n) is 2.14. The van der Waals surface area contributed by atoms with Crippen molar-refractivity contribution >= 4 is 35.1 Å². The molecule has 142 valence electrons. The average molecular weight is 423 g/mol. The van der Waals surface area contributed by atoms with Crippen LogP contribution >= 0.6 is 35.1 Å². The van der Waals surface area contributed by atoms with E-state index in [9.17, 15) is 9.18 Å². The minimum atomic E-state index is -0.505. The molecule has 1 heterocycles. The van der Waals surface area contributed by atoms with Crippen LogP contribution in [0.1, 0.15) is 11.1 Å². The van der Waals surface area contributed by atoms with Crippen molar-refractivity contribution in [2.75, 3.05) is 5.21 Å². The van der Waals surface area contributed by atoms with Gasteiger partial charge in [-0.3, -0.25) is 4.57 Å².